The molecule has 5 N–H and O–H groups in total. The Bertz CT molecular complexity index is 284. The normalized spacial score (nSPS) is 21.5. The van der Waals surface area contributed by atoms with Gasteiger partial charge < -0.3 is 16.8 Å². The van der Waals surface area contributed by atoms with Crippen LogP contribution >= 0.6 is 0 Å². The fourth-order valence-corrected chi connectivity index (χ4v) is 2.07. The molecular weight excluding hydrogens is 210 g/mol. The second kappa shape index (κ2) is 8.23. The fourth-order valence-electron chi connectivity index (χ4n) is 2.07. The molecule has 17 heavy (non-hydrogen) atoms. The Morgan fingerprint density at radius 2 is 1.82 bits per heavy atom. The summed E-state index contributed by atoms with van der Waals surface area (Å²) in [4.78, 5) is 0. The Balaban J connectivity index is 0.000000811. The monoisotopic (exact) mass is 237 g/mol. The van der Waals surface area contributed by atoms with E-state index < -0.39 is 0 Å². The third kappa shape index (κ3) is 4.46. The van der Waals surface area contributed by atoms with Gasteiger partial charge in [-0.1, -0.05) is 37.8 Å². The van der Waals surface area contributed by atoms with Gasteiger partial charge in [0.25, 0.3) is 0 Å². The van der Waals surface area contributed by atoms with Gasteiger partial charge in [0, 0.05) is 5.54 Å². The van der Waals surface area contributed by atoms with Crippen LogP contribution in [0.1, 0.15) is 26.7 Å². The first-order valence-corrected chi connectivity index (χ1v) is 5.92. The molecule has 0 radical (unpaired) electrons. The number of hydrogen-bond donors (Lipinski definition) is 3. The van der Waals surface area contributed by atoms with Crippen LogP contribution in [0.25, 0.3) is 0 Å². The molecule has 1 aliphatic heterocycles. The minimum Gasteiger partial charge on any atom is -0.333 e. The molecule has 0 saturated carbocycles. The molecule has 0 aromatic carbocycles. The van der Waals surface area contributed by atoms with Crippen LogP contribution in [0.4, 0.5) is 0 Å². The van der Waals surface area contributed by atoms with Gasteiger partial charge in [-0.05, 0) is 45.0 Å². The summed E-state index contributed by atoms with van der Waals surface area (Å²) in [6.45, 7) is 2.07. The zero-order valence-electron chi connectivity index (χ0n) is 10.1. The van der Waals surface area contributed by atoms with Crippen molar-refractivity contribution >= 4 is 0 Å². The minimum atomic E-state index is -0.101. The van der Waals surface area contributed by atoms with Crippen LogP contribution in [0.2, 0.25) is 0 Å². The van der Waals surface area contributed by atoms with Gasteiger partial charge >= 0.3 is 0 Å². The molecule has 0 bridgehead atoms. The van der Waals surface area contributed by atoms with Gasteiger partial charge in [0.05, 0.1) is 0 Å². The van der Waals surface area contributed by atoms with Crippen molar-refractivity contribution in [3.8, 4) is 0 Å². The van der Waals surface area contributed by atoms with Gasteiger partial charge in [0.2, 0.25) is 0 Å². The van der Waals surface area contributed by atoms with Crippen LogP contribution in [0.3, 0.4) is 0 Å². The molecule has 0 amide bonds. The van der Waals surface area contributed by atoms with Crippen molar-refractivity contribution in [3.05, 3.63) is 36.0 Å². The summed E-state index contributed by atoms with van der Waals surface area (Å²) in [5.74, 6) is 0. The Labute approximate surface area is 106 Å². The Kier molecular flexibility index (Phi) is 7.79. The van der Waals surface area contributed by atoms with Crippen LogP contribution in [-0.2, 0) is 0 Å². The summed E-state index contributed by atoms with van der Waals surface area (Å²) in [5.41, 5.74) is 12.1. The van der Waals surface area contributed by atoms with Crippen molar-refractivity contribution in [2.45, 2.75) is 32.2 Å². The molecule has 0 spiro atoms. The van der Waals surface area contributed by atoms with Gasteiger partial charge in [-0.3, -0.25) is 0 Å². The van der Waals surface area contributed by atoms with Crippen molar-refractivity contribution in [2.24, 2.45) is 11.5 Å². The van der Waals surface area contributed by atoms with Crippen LogP contribution in [0.15, 0.2) is 36.0 Å². The van der Waals surface area contributed by atoms with Crippen molar-refractivity contribution in [1.29, 1.82) is 0 Å². The molecule has 1 fully saturated rings. The number of nitrogens with two attached hydrogens (primary N) is 2. The molecule has 3 heteroatoms. The van der Waals surface area contributed by atoms with Crippen molar-refractivity contribution in [1.82, 2.24) is 5.32 Å². The quantitative estimate of drug-likeness (QED) is 0.650. The first kappa shape index (κ1) is 16.1. The second-order valence-corrected chi connectivity index (χ2v) is 4.09. The van der Waals surface area contributed by atoms with Gasteiger partial charge in [-0.15, -0.1) is 0 Å². The molecule has 98 valence electrons. The first-order chi connectivity index (χ1) is 7.81. The second-order valence-electron chi connectivity index (χ2n) is 4.09. The van der Waals surface area contributed by atoms with Gasteiger partial charge in [0.1, 0.15) is 0 Å². The highest BCUT2D eigenvalue weighted by Crippen LogP contribution is 2.26. The van der Waals surface area contributed by atoms with E-state index in [4.69, 9.17) is 5.73 Å². The lowest BCUT2D eigenvalue weighted by atomic mass is 9.81. The van der Waals surface area contributed by atoms with E-state index in [9.17, 15) is 0 Å². The van der Waals surface area contributed by atoms with Crippen molar-refractivity contribution < 1.29 is 0 Å². The zero-order valence-corrected chi connectivity index (χ0v) is 10.1. The predicted octanol–water partition coefficient (Wildman–Crippen LogP) is 1.72. The molecule has 0 atom stereocenters. The molecular formula is C14H27N3. The predicted molar refractivity (Wildman–Crippen MR) is 76.8 cm³/mol. The van der Waals surface area contributed by atoms with E-state index in [2.05, 4.69) is 41.4 Å². The largest absolute Gasteiger partial charge is 0.333 e. The maximum absolute atomic E-state index is 6.41. The van der Waals surface area contributed by atoms with Crippen LogP contribution < -0.4 is 16.8 Å². The summed E-state index contributed by atoms with van der Waals surface area (Å²) < 4.78 is 0. The molecule has 0 aromatic heterocycles. The number of piperidine rings is 1. The van der Waals surface area contributed by atoms with E-state index in [1.807, 2.05) is 0 Å². The van der Waals surface area contributed by atoms with E-state index in [0.717, 1.165) is 32.4 Å². The summed E-state index contributed by atoms with van der Waals surface area (Å²) in [7, 11) is 1.50. The Hall–Kier alpha value is -0.900. The number of nitrogens with one attached hydrogen (secondary N) is 1. The van der Waals surface area contributed by atoms with Crippen molar-refractivity contribution in [2.75, 3.05) is 20.1 Å². The zero-order chi connectivity index (χ0) is 11.9. The highest BCUT2D eigenvalue weighted by molar-refractivity contribution is 5.36. The average Bonchev–Trinajstić information content (AvgIpc) is 2.62. The molecule has 1 saturated heterocycles. The molecule has 2 rings (SSSR count). The molecule has 0 unspecified atom stereocenters. The summed E-state index contributed by atoms with van der Waals surface area (Å²) in [6.07, 6.45) is 13.9. The SMILES string of the molecule is C.CN.NC1(C2=CC=CCC=C2)CCNCC1. The number of rotatable bonds is 1. The molecule has 2 aliphatic rings. The summed E-state index contributed by atoms with van der Waals surface area (Å²) in [5, 5.41) is 3.35. The number of allylic oxidation sites excluding steroid dienone is 4. The Morgan fingerprint density at radius 1 is 1.18 bits per heavy atom. The number of hydrogen-bond acceptors (Lipinski definition) is 3. The first-order valence-electron chi connectivity index (χ1n) is 5.92. The third-order valence-electron chi connectivity index (χ3n) is 3.05. The highest BCUT2D eigenvalue weighted by Gasteiger charge is 2.29. The lowest BCUT2D eigenvalue weighted by molar-refractivity contribution is 0.363. The maximum atomic E-state index is 6.41. The molecule has 1 heterocycles. The molecule has 3 nitrogen and oxygen atoms in total. The lowest BCUT2D eigenvalue weighted by Gasteiger charge is -2.35. The van der Waals surface area contributed by atoms with Crippen LogP contribution in [0, 0.1) is 0 Å². The van der Waals surface area contributed by atoms with Crippen molar-refractivity contribution in [3.63, 3.8) is 0 Å². The summed E-state index contributed by atoms with van der Waals surface area (Å²) in [6, 6.07) is 0. The highest BCUT2D eigenvalue weighted by atomic mass is 14.9. The van der Waals surface area contributed by atoms with Gasteiger partial charge in [-0.25, -0.2) is 0 Å². The lowest BCUT2D eigenvalue weighted by Crippen LogP contribution is -2.49. The smallest absolute Gasteiger partial charge is 0.0433 e. The topological polar surface area (TPSA) is 64.1 Å². The maximum Gasteiger partial charge on any atom is 0.0433 e. The van der Waals surface area contributed by atoms with E-state index in [0.29, 0.717) is 0 Å². The van der Waals surface area contributed by atoms with E-state index >= 15 is 0 Å². The van der Waals surface area contributed by atoms with Crippen LogP contribution in [-0.4, -0.2) is 25.7 Å². The fraction of sp³-hybridized carbons (Fsp3) is 0.571. The van der Waals surface area contributed by atoms with Gasteiger partial charge in [0.15, 0.2) is 0 Å². The van der Waals surface area contributed by atoms with Gasteiger partial charge in [-0.2, -0.15) is 0 Å². The van der Waals surface area contributed by atoms with E-state index in [1.54, 1.807) is 0 Å². The summed E-state index contributed by atoms with van der Waals surface area (Å²) >= 11 is 0. The average molecular weight is 237 g/mol. The third-order valence-corrected chi connectivity index (χ3v) is 3.05. The standard InChI is InChI=1S/C12H18N2.CH5N.CH4/c13-12(7-9-14-10-8-12)11-5-3-1-2-4-6-11;1-2;/h1,3-6,14H,2,7-10,13H2;2H2,1H3;1H4. The Morgan fingerprint density at radius 3 is 2.47 bits per heavy atom. The van der Waals surface area contributed by atoms with Crippen LogP contribution in [0.5, 0.6) is 0 Å². The minimum absolute atomic E-state index is 0. The van der Waals surface area contributed by atoms with E-state index in [1.165, 1.54) is 12.6 Å². The van der Waals surface area contributed by atoms with E-state index in [-0.39, 0.29) is 13.0 Å². The molecule has 0 aromatic rings. The molecule has 1 aliphatic carbocycles.